The highest BCUT2D eigenvalue weighted by molar-refractivity contribution is 7.12. The molecule has 0 aliphatic heterocycles. The monoisotopic (exact) mass is 251 g/mol. The molecule has 0 amide bonds. The Morgan fingerprint density at radius 3 is 3.00 bits per heavy atom. The van der Waals surface area contributed by atoms with Gasteiger partial charge in [0.2, 0.25) is 0 Å². The lowest BCUT2D eigenvalue weighted by atomic mass is 9.95. The fourth-order valence-corrected chi connectivity index (χ4v) is 4.16. The van der Waals surface area contributed by atoms with Crippen molar-refractivity contribution in [1.29, 1.82) is 0 Å². The van der Waals surface area contributed by atoms with Crippen LogP contribution in [0.2, 0.25) is 0 Å². The first-order valence-electron chi connectivity index (χ1n) is 6.27. The molecular formula is C13H17NO2S. The van der Waals surface area contributed by atoms with Crippen molar-refractivity contribution >= 4 is 17.3 Å². The predicted octanol–water partition coefficient (Wildman–Crippen LogP) is 2.72. The van der Waals surface area contributed by atoms with Gasteiger partial charge in [0.1, 0.15) is 4.88 Å². The summed E-state index contributed by atoms with van der Waals surface area (Å²) in [5, 5.41) is 14.5. The molecule has 3 rings (SSSR count). The Hall–Kier alpha value is -0.870. The second-order valence-electron chi connectivity index (χ2n) is 5.24. The normalized spacial score (nSPS) is 30.9. The van der Waals surface area contributed by atoms with Crippen LogP contribution in [-0.2, 0) is 6.54 Å². The first kappa shape index (κ1) is 11.2. The van der Waals surface area contributed by atoms with Crippen LogP contribution in [0.3, 0.4) is 0 Å². The molecule has 2 aliphatic carbocycles. The van der Waals surface area contributed by atoms with E-state index < -0.39 is 5.97 Å². The van der Waals surface area contributed by atoms with Gasteiger partial charge < -0.3 is 10.4 Å². The van der Waals surface area contributed by atoms with Gasteiger partial charge in [-0.15, -0.1) is 11.3 Å². The molecule has 0 aromatic carbocycles. The summed E-state index contributed by atoms with van der Waals surface area (Å²) < 4.78 is 0. The van der Waals surface area contributed by atoms with Crippen LogP contribution in [0.5, 0.6) is 0 Å². The maximum atomic E-state index is 11.0. The van der Waals surface area contributed by atoms with Crippen LogP contribution in [-0.4, -0.2) is 17.1 Å². The highest BCUT2D eigenvalue weighted by atomic mass is 32.1. The Labute approximate surface area is 105 Å². The number of rotatable bonds is 4. The zero-order valence-corrected chi connectivity index (χ0v) is 10.5. The maximum Gasteiger partial charge on any atom is 0.346 e. The summed E-state index contributed by atoms with van der Waals surface area (Å²) >= 11 is 1.32. The van der Waals surface area contributed by atoms with Crippen molar-refractivity contribution in [2.75, 3.05) is 0 Å². The van der Waals surface area contributed by atoms with Gasteiger partial charge in [0.15, 0.2) is 0 Å². The summed E-state index contributed by atoms with van der Waals surface area (Å²) in [5.41, 5.74) is 0.935. The minimum absolute atomic E-state index is 0.487. The van der Waals surface area contributed by atoms with Crippen LogP contribution >= 0.6 is 11.3 Å². The highest BCUT2D eigenvalue weighted by Gasteiger charge is 2.39. The molecule has 1 aromatic heterocycles. The van der Waals surface area contributed by atoms with Gasteiger partial charge in [0, 0.05) is 12.6 Å². The van der Waals surface area contributed by atoms with Gasteiger partial charge in [-0.1, -0.05) is 6.42 Å². The first-order chi connectivity index (χ1) is 8.24. The van der Waals surface area contributed by atoms with Crippen molar-refractivity contribution in [1.82, 2.24) is 5.32 Å². The van der Waals surface area contributed by atoms with Gasteiger partial charge >= 0.3 is 5.97 Å². The molecule has 1 aromatic rings. The zero-order chi connectivity index (χ0) is 11.8. The van der Waals surface area contributed by atoms with E-state index in [1.807, 2.05) is 11.4 Å². The molecule has 92 valence electrons. The lowest BCUT2D eigenvalue weighted by molar-refractivity contribution is 0.0701. The lowest BCUT2D eigenvalue weighted by Crippen LogP contribution is -2.33. The van der Waals surface area contributed by atoms with Crippen molar-refractivity contribution in [2.45, 2.75) is 38.3 Å². The van der Waals surface area contributed by atoms with E-state index >= 15 is 0 Å². The Morgan fingerprint density at radius 2 is 2.35 bits per heavy atom. The average Bonchev–Trinajstić information content (AvgIpc) is 3.01. The first-order valence-corrected chi connectivity index (χ1v) is 7.15. The zero-order valence-electron chi connectivity index (χ0n) is 9.69. The number of aromatic carboxylic acids is 1. The predicted molar refractivity (Wildman–Crippen MR) is 67.4 cm³/mol. The van der Waals surface area contributed by atoms with Gasteiger partial charge in [-0.2, -0.15) is 0 Å². The maximum absolute atomic E-state index is 11.0. The fourth-order valence-electron chi connectivity index (χ4n) is 3.40. The number of hydrogen-bond donors (Lipinski definition) is 2. The highest BCUT2D eigenvalue weighted by Crippen LogP contribution is 2.44. The van der Waals surface area contributed by atoms with Crippen molar-refractivity contribution in [2.24, 2.45) is 11.8 Å². The molecule has 2 N–H and O–H groups in total. The molecule has 1 heterocycles. The Bertz CT molecular complexity index is 429. The third-order valence-corrected chi connectivity index (χ3v) is 5.18. The van der Waals surface area contributed by atoms with Gasteiger partial charge in [-0.05, 0) is 48.1 Å². The minimum atomic E-state index is -0.801. The van der Waals surface area contributed by atoms with Crippen LogP contribution < -0.4 is 5.32 Å². The van der Waals surface area contributed by atoms with E-state index in [0.717, 1.165) is 17.4 Å². The molecule has 0 spiro atoms. The summed E-state index contributed by atoms with van der Waals surface area (Å²) in [4.78, 5) is 11.5. The molecule has 3 atom stereocenters. The van der Waals surface area contributed by atoms with Gasteiger partial charge in [0.05, 0.1) is 0 Å². The quantitative estimate of drug-likeness (QED) is 0.865. The number of carboxylic acid groups (broad SMARTS) is 1. The van der Waals surface area contributed by atoms with E-state index in [-0.39, 0.29) is 0 Å². The second-order valence-corrected chi connectivity index (χ2v) is 6.16. The lowest BCUT2D eigenvalue weighted by Gasteiger charge is -2.22. The standard InChI is InChI=1S/C13H17NO2S/c15-13(16)12-10(3-4-17-12)7-14-11-6-8-1-2-9(11)5-8/h3-4,8-9,11,14H,1-2,5-7H2,(H,15,16). The van der Waals surface area contributed by atoms with Gasteiger partial charge in [-0.3, -0.25) is 0 Å². The summed E-state index contributed by atoms with van der Waals surface area (Å²) in [6.07, 6.45) is 5.43. The van der Waals surface area contributed by atoms with E-state index in [1.165, 1.54) is 37.0 Å². The minimum Gasteiger partial charge on any atom is -0.477 e. The third kappa shape index (κ3) is 2.11. The van der Waals surface area contributed by atoms with E-state index in [1.54, 1.807) is 0 Å². The smallest absolute Gasteiger partial charge is 0.346 e. The van der Waals surface area contributed by atoms with Crippen molar-refractivity contribution in [3.05, 3.63) is 21.9 Å². The Balaban J connectivity index is 1.60. The number of nitrogens with one attached hydrogen (secondary N) is 1. The summed E-state index contributed by atoms with van der Waals surface area (Å²) in [6.45, 7) is 0.707. The van der Waals surface area contributed by atoms with Crippen molar-refractivity contribution in [3.8, 4) is 0 Å². The fraction of sp³-hybridized carbons (Fsp3) is 0.615. The summed E-state index contributed by atoms with van der Waals surface area (Å²) in [7, 11) is 0. The van der Waals surface area contributed by atoms with Gasteiger partial charge in [0.25, 0.3) is 0 Å². The van der Waals surface area contributed by atoms with Crippen molar-refractivity contribution in [3.63, 3.8) is 0 Å². The van der Waals surface area contributed by atoms with Crippen LogP contribution in [0.4, 0.5) is 0 Å². The molecule has 3 unspecified atom stereocenters. The molecule has 0 radical (unpaired) electrons. The summed E-state index contributed by atoms with van der Waals surface area (Å²) in [5.74, 6) is 0.968. The topological polar surface area (TPSA) is 49.3 Å². The van der Waals surface area contributed by atoms with Gasteiger partial charge in [-0.25, -0.2) is 4.79 Å². The molecule has 2 saturated carbocycles. The third-order valence-electron chi connectivity index (χ3n) is 4.23. The molecule has 2 bridgehead atoms. The van der Waals surface area contributed by atoms with Crippen molar-refractivity contribution < 1.29 is 9.90 Å². The molecular weight excluding hydrogens is 234 g/mol. The van der Waals surface area contributed by atoms with E-state index in [0.29, 0.717) is 17.5 Å². The molecule has 4 heteroatoms. The van der Waals surface area contributed by atoms with Crippen LogP contribution in [0.25, 0.3) is 0 Å². The Morgan fingerprint density at radius 1 is 1.47 bits per heavy atom. The Kier molecular flexibility index (Phi) is 2.92. The molecule has 3 nitrogen and oxygen atoms in total. The summed E-state index contributed by atoms with van der Waals surface area (Å²) in [6, 6.07) is 2.55. The molecule has 17 heavy (non-hydrogen) atoms. The molecule has 2 fully saturated rings. The van der Waals surface area contributed by atoms with E-state index in [2.05, 4.69) is 5.32 Å². The number of fused-ring (bicyclic) bond motifs is 2. The SMILES string of the molecule is O=C(O)c1sccc1CNC1CC2CCC1C2. The molecule has 0 saturated heterocycles. The second kappa shape index (κ2) is 4.42. The van der Waals surface area contributed by atoms with E-state index in [9.17, 15) is 4.79 Å². The molecule has 2 aliphatic rings. The van der Waals surface area contributed by atoms with Crippen LogP contribution in [0.1, 0.15) is 40.9 Å². The number of hydrogen-bond acceptors (Lipinski definition) is 3. The number of thiophene rings is 1. The largest absolute Gasteiger partial charge is 0.477 e. The van der Waals surface area contributed by atoms with Crippen LogP contribution in [0, 0.1) is 11.8 Å². The number of carboxylic acids is 1. The average molecular weight is 251 g/mol. The van der Waals surface area contributed by atoms with Crippen LogP contribution in [0.15, 0.2) is 11.4 Å². The number of carbonyl (C=O) groups is 1. The van der Waals surface area contributed by atoms with E-state index in [4.69, 9.17) is 5.11 Å².